The molecular weight excluding hydrogens is 422 g/mol. The standard InChI is InChI=1S/C21H21NO2S.CH4O3S/c1-21(12-23,13-24)22-11-15-6-4-5-14-9-18-16-7-2-3-8-19(16)25-20(18)10-17(14)15;1-5(2,3)4/h2-10,22-24H,11-13H2,1H3;1H3,(H,2,3,4). The summed E-state index contributed by atoms with van der Waals surface area (Å²) in [6.07, 6.45) is 0.715. The van der Waals surface area contributed by atoms with Crippen LogP contribution in [0, 0.1) is 0 Å². The van der Waals surface area contributed by atoms with Gasteiger partial charge in [0.15, 0.2) is 0 Å². The zero-order valence-corrected chi connectivity index (χ0v) is 18.4. The van der Waals surface area contributed by atoms with Crippen molar-refractivity contribution in [1.29, 1.82) is 0 Å². The Hall–Kier alpha value is -2.07. The molecule has 3 aromatic carbocycles. The van der Waals surface area contributed by atoms with Gasteiger partial charge in [-0.15, -0.1) is 11.3 Å². The smallest absolute Gasteiger partial charge is 0.261 e. The molecule has 4 aromatic rings. The number of hydrogen-bond donors (Lipinski definition) is 4. The van der Waals surface area contributed by atoms with Crippen molar-refractivity contribution in [1.82, 2.24) is 5.32 Å². The number of rotatable bonds is 5. The maximum Gasteiger partial charge on any atom is 0.261 e. The van der Waals surface area contributed by atoms with Crippen molar-refractivity contribution < 1.29 is 23.2 Å². The van der Waals surface area contributed by atoms with Gasteiger partial charge in [0.1, 0.15) is 0 Å². The molecule has 4 rings (SSSR count). The molecule has 0 unspecified atom stereocenters. The van der Waals surface area contributed by atoms with Gasteiger partial charge in [0, 0.05) is 26.7 Å². The first kappa shape index (κ1) is 22.6. The van der Waals surface area contributed by atoms with Crippen LogP contribution in [-0.2, 0) is 16.7 Å². The van der Waals surface area contributed by atoms with Gasteiger partial charge < -0.3 is 15.5 Å². The van der Waals surface area contributed by atoms with Gasteiger partial charge >= 0.3 is 0 Å². The second-order valence-electron chi connectivity index (χ2n) is 7.55. The first-order valence-electron chi connectivity index (χ1n) is 9.36. The molecule has 0 bridgehead atoms. The Labute approximate surface area is 179 Å². The molecule has 0 fully saturated rings. The Bertz CT molecular complexity index is 1270. The van der Waals surface area contributed by atoms with Crippen molar-refractivity contribution in [3.8, 4) is 0 Å². The van der Waals surface area contributed by atoms with E-state index in [-0.39, 0.29) is 13.2 Å². The molecule has 0 aliphatic carbocycles. The quantitative estimate of drug-likeness (QED) is 0.349. The van der Waals surface area contributed by atoms with Crippen molar-refractivity contribution in [2.45, 2.75) is 19.0 Å². The van der Waals surface area contributed by atoms with E-state index in [1.165, 1.54) is 36.5 Å². The summed E-state index contributed by atoms with van der Waals surface area (Å²) in [5, 5.41) is 27.3. The molecule has 1 aromatic heterocycles. The summed E-state index contributed by atoms with van der Waals surface area (Å²) in [7, 11) is -3.67. The van der Waals surface area contributed by atoms with E-state index in [1.54, 1.807) is 0 Å². The summed E-state index contributed by atoms with van der Waals surface area (Å²) in [6.45, 7) is 2.22. The SMILES string of the molecule is CC(CO)(CO)NCc1cccc2cc3c(cc12)sc1ccccc13.CS(=O)(=O)O. The molecule has 0 saturated carbocycles. The molecule has 160 valence electrons. The number of aliphatic hydroxyl groups excluding tert-OH is 2. The van der Waals surface area contributed by atoms with Crippen molar-refractivity contribution in [2.24, 2.45) is 0 Å². The molecule has 0 aliphatic rings. The van der Waals surface area contributed by atoms with Gasteiger partial charge in [0.05, 0.1) is 25.0 Å². The average Bonchev–Trinajstić information content (AvgIpc) is 3.06. The number of nitrogens with one attached hydrogen (secondary N) is 1. The predicted octanol–water partition coefficient (Wildman–Crippen LogP) is 3.54. The topological polar surface area (TPSA) is 107 Å². The molecule has 30 heavy (non-hydrogen) atoms. The number of thiophene rings is 1. The lowest BCUT2D eigenvalue weighted by Gasteiger charge is -2.26. The second-order valence-corrected chi connectivity index (χ2v) is 10.1. The van der Waals surface area contributed by atoms with E-state index in [4.69, 9.17) is 4.55 Å². The third-order valence-electron chi connectivity index (χ3n) is 4.87. The van der Waals surface area contributed by atoms with Crippen LogP contribution in [-0.4, -0.2) is 48.2 Å². The van der Waals surface area contributed by atoms with Crippen molar-refractivity contribution >= 4 is 52.4 Å². The molecule has 0 radical (unpaired) electrons. The third kappa shape index (κ3) is 5.34. The fourth-order valence-corrected chi connectivity index (χ4v) is 4.31. The van der Waals surface area contributed by atoms with E-state index in [9.17, 15) is 18.6 Å². The highest BCUT2D eigenvalue weighted by Gasteiger charge is 2.21. The molecule has 1 heterocycles. The molecule has 6 nitrogen and oxygen atoms in total. The third-order valence-corrected chi connectivity index (χ3v) is 6.01. The van der Waals surface area contributed by atoms with Gasteiger partial charge in [-0.05, 0) is 41.5 Å². The van der Waals surface area contributed by atoms with Gasteiger partial charge in [-0.1, -0.05) is 36.4 Å². The summed E-state index contributed by atoms with van der Waals surface area (Å²) < 4.78 is 28.5. The molecule has 0 spiro atoms. The van der Waals surface area contributed by atoms with Crippen LogP contribution < -0.4 is 5.32 Å². The lowest BCUT2D eigenvalue weighted by molar-refractivity contribution is 0.103. The van der Waals surface area contributed by atoms with Crippen LogP contribution in [0.25, 0.3) is 30.9 Å². The highest BCUT2D eigenvalue weighted by Crippen LogP contribution is 2.37. The monoisotopic (exact) mass is 447 g/mol. The van der Waals surface area contributed by atoms with Crippen molar-refractivity contribution in [3.63, 3.8) is 0 Å². The zero-order valence-electron chi connectivity index (χ0n) is 16.8. The van der Waals surface area contributed by atoms with Crippen LogP contribution in [0.2, 0.25) is 0 Å². The Morgan fingerprint density at radius 1 is 0.933 bits per heavy atom. The van der Waals surface area contributed by atoms with E-state index < -0.39 is 15.7 Å². The first-order chi connectivity index (χ1) is 14.1. The normalized spacial score (nSPS) is 12.3. The summed E-state index contributed by atoms with van der Waals surface area (Å²) in [4.78, 5) is 0. The largest absolute Gasteiger partial charge is 0.394 e. The fourth-order valence-electron chi connectivity index (χ4n) is 3.19. The van der Waals surface area contributed by atoms with Gasteiger partial charge in [0.25, 0.3) is 10.1 Å². The van der Waals surface area contributed by atoms with E-state index in [0.29, 0.717) is 12.8 Å². The Morgan fingerprint density at radius 3 is 2.27 bits per heavy atom. The van der Waals surface area contributed by atoms with Gasteiger partial charge in [0.2, 0.25) is 0 Å². The molecular formula is C22H25NO5S2. The highest BCUT2D eigenvalue weighted by molar-refractivity contribution is 7.85. The number of aliphatic hydroxyl groups is 2. The van der Waals surface area contributed by atoms with Crippen molar-refractivity contribution in [2.75, 3.05) is 19.5 Å². The molecule has 0 saturated heterocycles. The van der Waals surface area contributed by atoms with E-state index in [2.05, 4.69) is 59.9 Å². The fraction of sp³-hybridized carbons (Fsp3) is 0.273. The van der Waals surface area contributed by atoms with E-state index in [1.807, 2.05) is 18.3 Å². The number of fused-ring (bicyclic) bond motifs is 4. The number of benzene rings is 3. The van der Waals surface area contributed by atoms with E-state index in [0.717, 1.165) is 0 Å². The Kier molecular flexibility index (Phi) is 6.76. The Morgan fingerprint density at radius 2 is 1.60 bits per heavy atom. The lowest BCUT2D eigenvalue weighted by atomic mass is 10.00. The maximum atomic E-state index is 9.48. The van der Waals surface area contributed by atoms with Crippen LogP contribution in [0.3, 0.4) is 0 Å². The van der Waals surface area contributed by atoms with Crippen LogP contribution in [0.4, 0.5) is 0 Å². The summed E-state index contributed by atoms with van der Waals surface area (Å²) in [5.41, 5.74) is 0.495. The van der Waals surface area contributed by atoms with E-state index >= 15 is 0 Å². The number of hydrogen-bond acceptors (Lipinski definition) is 6. The van der Waals surface area contributed by atoms with Crippen LogP contribution in [0.15, 0.2) is 54.6 Å². The minimum absolute atomic E-state index is 0.102. The average molecular weight is 448 g/mol. The first-order valence-corrected chi connectivity index (χ1v) is 12.0. The van der Waals surface area contributed by atoms with Crippen molar-refractivity contribution in [3.05, 3.63) is 60.2 Å². The van der Waals surface area contributed by atoms with Gasteiger partial charge in [-0.2, -0.15) is 8.42 Å². The van der Waals surface area contributed by atoms with Crippen LogP contribution in [0.5, 0.6) is 0 Å². The summed E-state index contributed by atoms with van der Waals surface area (Å²) >= 11 is 1.82. The summed E-state index contributed by atoms with van der Waals surface area (Å²) in [6, 6.07) is 19.4. The summed E-state index contributed by atoms with van der Waals surface area (Å²) in [5.74, 6) is 0. The van der Waals surface area contributed by atoms with Crippen LogP contribution in [0.1, 0.15) is 12.5 Å². The minimum atomic E-state index is -3.67. The second kappa shape index (κ2) is 8.97. The molecule has 4 N–H and O–H groups in total. The van der Waals surface area contributed by atoms with Crippen LogP contribution >= 0.6 is 11.3 Å². The molecule has 0 atom stereocenters. The highest BCUT2D eigenvalue weighted by atomic mass is 32.2. The van der Waals surface area contributed by atoms with Gasteiger partial charge in [-0.3, -0.25) is 4.55 Å². The zero-order chi connectivity index (χ0) is 21.9. The maximum absolute atomic E-state index is 9.48. The minimum Gasteiger partial charge on any atom is -0.394 e. The predicted molar refractivity (Wildman–Crippen MR) is 124 cm³/mol. The lowest BCUT2D eigenvalue weighted by Crippen LogP contribution is -2.48. The van der Waals surface area contributed by atoms with Gasteiger partial charge in [-0.25, -0.2) is 0 Å². The molecule has 0 amide bonds. The molecule has 0 aliphatic heterocycles. The Balaban J connectivity index is 0.000000461. The molecule has 8 heteroatoms.